The summed E-state index contributed by atoms with van der Waals surface area (Å²) in [5.74, 6) is 0.971. The third kappa shape index (κ3) is 1.93. The van der Waals surface area contributed by atoms with Gasteiger partial charge in [-0.1, -0.05) is 19.9 Å². The summed E-state index contributed by atoms with van der Waals surface area (Å²) in [7, 11) is 0. The van der Waals surface area contributed by atoms with Gasteiger partial charge in [0.1, 0.15) is 0 Å². The van der Waals surface area contributed by atoms with Crippen LogP contribution in [-0.4, -0.2) is 11.4 Å². The van der Waals surface area contributed by atoms with Crippen molar-refractivity contribution >= 4 is 17.2 Å². The first-order chi connectivity index (χ1) is 9.40. The van der Waals surface area contributed by atoms with Gasteiger partial charge in [-0.15, -0.1) is 11.3 Å². The van der Waals surface area contributed by atoms with E-state index in [0.29, 0.717) is 10.8 Å². The van der Waals surface area contributed by atoms with E-state index >= 15 is 0 Å². The molecule has 1 heterocycles. The lowest BCUT2D eigenvalue weighted by Crippen LogP contribution is -2.65. The maximum atomic E-state index is 12.5. The molecule has 4 aliphatic rings. The first kappa shape index (κ1) is 12.9. The molecule has 3 heteroatoms. The highest BCUT2D eigenvalue weighted by atomic mass is 32.1. The van der Waals surface area contributed by atoms with Crippen LogP contribution in [0.25, 0.3) is 0 Å². The Bertz CT molecular complexity index is 531. The Labute approximate surface area is 125 Å². The fraction of sp³-hybridized carbons (Fsp3) is 0.706. The Morgan fingerprint density at radius 2 is 1.90 bits per heavy atom. The monoisotopic (exact) mass is 289 g/mol. The summed E-state index contributed by atoms with van der Waals surface area (Å²) in [4.78, 5) is 13.4. The quantitative estimate of drug-likeness (QED) is 0.867. The van der Waals surface area contributed by atoms with E-state index in [1.165, 1.54) is 38.5 Å². The van der Waals surface area contributed by atoms with Gasteiger partial charge < -0.3 is 5.32 Å². The molecule has 0 aromatic carbocycles. The predicted molar refractivity (Wildman–Crippen MR) is 81.9 cm³/mol. The molecule has 4 fully saturated rings. The van der Waals surface area contributed by atoms with E-state index in [1.807, 2.05) is 17.5 Å². The lowest BCUT2D eigenvalue weighted by atomic mass is 9.43. The van der Waals surface area contributed by atoms with Gasteiger partial charge >= 0.3 is 0 Å². The number of hydrogen-bond acceptors (Lipinski definition) is 2. The standard InChI is InChI=1S/C17H23NOS/c1-15-6-12-7-16(2,9-15)11-17(8-12,10-15)18-14(19)13-4-3-5-20-13/h3-5,12H,6-11H2,1-2H3,(H,18,19). The number of carbonyl (C=O) groups is 1. The van der Waals surface area contributed by atoms with Crippen molar-refractivity contribution in [3.05, 3.63) is 22.4 Å². The van der Waals surface area contributed by atoms with Crippen molar-refractivity contribution in [2.75, 3.05) is 0 Å². The highest BCUT2D eigenvalue weighted by Gasteiger charge is 2.60. The van der Waals surface area contributed by atoms with Crippen LogP contribution in [0.2, 0.25) is 0 Å². The van der Waals surface area contributed by atoms with Crippen LogP contribution in [0, 0.1) is 16.7 Å². The molecule has 1 N–H and O–H groups in total. The molecule has 2 unspecified atom stereocenters. The number of hydrogen-bond donors (Lipinski definition) is 1. The summed E-state index contributed by atoms with van der Waals surface area (Å²) in [5, 5.41) is 5.43. The van der Waals surface area contributed by atoms with E-state index in [1.54, 1.807) is 11.3 Å². The largest absolute Gasteiger partial charge is 0.346 e. The van der Waals surface area contributed by atoms with E-state index in [4.69, 9.17) is 0 Å². The summed E-state index contributed by atoms with van der Waals surface area (Å²) in [6.45, 7) is 4.89. The molecular weight excluding hydrogens is 266 g/mol. The van der Waals surface area contributed by atoms with Crippen molar-refractivity contribution in [1.82, 2.24) is 5.32 Å². The van der Waals surface area contributed by atoms with E-state index in [9.17, 15) is 4.79 Å². The molecule has 4 saturated carbocycles. The minimum absolute atomic E-state index is 0.0734. The van der Waals surface area contributed by atoms with Gasteiger partial charge in [-0.05, 0) is 66.7 Å². The summed E-state index contributed by atoms with van der Waals surface area (Å²) >= 11 is 1.55. The summed E-state index contributed by atoms with van der Waals surface area (Å²) in [5.41, 5.74) is 0.984. The van der Waals surface area contributed by atoms with E-state index in [0.717, 1.165) is 10.8 Å². The Balaban J connectivity index is 1.63. The van der Waals surface area contributed by atoms with Crippen molar-refractivity contribution in [2.24, 2.45) is 16.7 Å². The fourth-order valence-corrected chi connectivity index (χ4v) is 6.92. The molecule has 0 aliphatic heterocycles. The van der Waals surface area contributed by atoms with Gasteiger partial charge in [-0.3, -0.25) is 4.79 Å². The van der Waals surface area contributed by atoms with Crippen LogP contribution in [0.4, 0.5) is 0 Å². The van der Waals surface area contributed by atoms with Gasteiger partial charge in [-0.2, -0.15) is 0 Å². The van der Waals surface area contributed by atoms with Crippen molar-refractivity contribution in [2.45, 2.75) is 57.9 Å². The van der Waals surface area contributed by atoms with Crippen LogP contribution in [0.3, 0.4) is 0 Å². The molecule has 108 valence electrons. The lowest BCUT2D eigenvalue weighted by molar-refractivity contribution is -0.114. The van der Waals surface area contributed by atoms with Crippen LogP contribution in [0.5, 0.6) is 0 Å². The van der Waals surface area contributed by atoms with Crippen molar-refractivity contribution in [1.29, 1.82) is 0 Å². The molecule has 0 saturated heterocycles. The molecule has 2 nitrogen and oxygen atoms in total. The fourth-order valence-electron chi connectivity index (χ4n) is 6.30. The number of rotatable bonds is 2. The maximum absolute atomic E-state index is 12.5. The highest BCUT2D eigenvalue weighted by molar-refractivity contribution is 7.12. The Hall–Kier alpha value is -0.830. The second-order valence-corrected chi connectivity index (χ2v) is 9.29. The smallest absolute Gasteiger partial charge is 0.261 e. The van der Waals surface area contributed by atoms with Gasteiger partial charge in [0.25, 0.3) is 5.91 Å². The van der Waals surface area contributed by atoms with Gasteiger partial charge in [0, 0.05) is 5.54 Å². The number of amides is 1. The van der Waals surface area contributed by atoms with Gasteiger partial charge in [-0.25, -0.2) is 0 Å². The van der Waals surface area contributed by atoms with Crippen LogP contribution < -0.4 is 5.32 Å². The summed E-state index contributed by atoms with van der Waals surface area (Å²) < 4.78 is 0. The van der Waals surface area contributed by atoms with Crippen molar-refractivity contribution in [3.8, 4) is 0 Å². The van der Waals surface area contributed by atoms with E-state index in [-0.39, 0.29) is 11.4 Å². The minimum Gasteiger partial charge on any atom is -0.346 e. The van der Waals surface area contributed by atoms with Crippen LogP contribution in [-0.2, 0) is 0 Å². The Morgan fingerprint density at radius 1 is 1.20 bits per heavy atom. The second-order valence-electron chi connectivity index (χ2n) is 8.34. The molecule has 0 radical (unpaired) electrons. The number of thiophene rings is 1. The average Bonchev–Trinajstić information content (AvgIpc) is 2.75. The summed E-state index contributed by atoms with van der Waals surface area (Å²) in [6.07, 6.45) is 7.67. The Kier molecular flexibility index (Phi) is 2.50. The molecule has 0 spiro atoms. The zero-order valence-corrected chi connectivity index (χ0v) is 13.2. The molecule has 1 amide bonds. The SMILES string of the molecule is CC12CC3CC(C)(C1)CC(NC(=O)c1cccs1)(C3)C2. The third-order valence-corrected chi connectivity index (χ3v) is 6.62. The first-order valence-electron chi connectivity index (χ1n) is 7.76. The van der Waals surface area contributed by atoms with Gasteiger partial charge in [0.2, 0.25) is 0 Å². The molecule has 5 rings (SSSR count). The van der Waals surface area contributed by atoms with Crippen molar-refractivity contribution < 1.29 is 4.79 Å². The normalized spacial score (nSPS) is 45.6. The second kappa shape index (κ2) is 3.88. The zero-order valence-electron chi connectivity index (χ0n) is 12.4. The average molecular weight is 289 g/mol. The topological polar surface area (TPSA) is 29.1 Å². The van der Waals surface area contributed by atoms with Crippen molar-refractivity contribution in [3.63, 3.8) is 0 Å². The first-order valence-corrected chi connectivity index (χ1v) is 8.64. The maximum Gasteiger partial charge on any atom is 0.261 e. The third-order valence-electron chi connectivity index (χ3n) is 5.75. The highest BCUT2D eigenvalue weighted by Crippen LogP contribution is 2.66. The van der Waals surface area contributed by atoms with Gasteiger partial charge in [0.05, 0.1) is 4.88 Å². The van der Waals surface area contributed by atoms with Crippen LogP contribution >= 0.6 is 11.3 Å². The van der Waals surface area contributed by atoms with E-state index < -0.39 is 0 Å². The molecule has 20 heavy (non-hydrogen) atoms. The molecular formula is C17H23NOS. The molecule has 2 atom stereocenters. The van der Waals surface area contributed by atoms with Gasteiger partial charge in [0.15, 0.2) is 0 Å². The number of nitrogens with one attached hydrogen (secondary N) is 1. The Morgan fingerprint density at radius 3 is 2.45 bits per heavy atom. The molecule has 4 bridgehead atoms. The number of carbonyl (C=O) groups excluding carboxylic acids is 1. The molecule has 4 aliphatic carbocycles. The lowest BCUT2D eigenvalue weighted by Gasteiger charge is -2.65. The zero-order chi connectivity index (χ0) is 14.0. The molecule has 1 aromatic heterocycles. The van der Waals surface area contributed by atoms with Crippen LogP contribution in [0.1, 0.15) is 62.0 Å². The van der Waals surface area contributed by atoms with E-state index in [2.05, 4.69) is 19.2 Å². The molecule has 1 aromatic rings. The minimum atomic E-state index is 0.0734. The summed E-state index contributed by atoms with van der Waals surface area (Å²) in [6, 6.07) is 3.89. The van der Waals surface area contributed by atoms with Crippen LogP contribution in [0.15, 0.2) is 17.5 Å². The predicted octanol–water partition coefficient (Wildman–Crippen LogP) is 4.23.